The molecular formula is C21H26N4O4S. The van der Waals surface area contributed by atoms with E-state index in [9.17, 15) is 23.3 Å². The van der Waals surface area contributed by atoms with Gasteiger partial charge in [-0.2, -0.15) is 5.26 Å². The first-order valence-electron chi connectivity index (χ1n) is 9.36. The van der Waals surface area contributed by atoms with Gasteiger partial charge in [-0.25, -0.2) is 12.7 Å². The van der Waals surface area contributed by atoms with Gasteiger partial charge in [-0.3, -0.25) is 9.59 Å². The average molecular weight is 431 g/mol. The van der Waals surface area contributed by atoms with Crippen LogP contribution in [0.5, 0.6) is 0 Å². The molecule has 0 fully saturated rings. The molecule has 30 heavy (non-hydrogen) atoms. The van der Waals surface area contributed by atoms with Crippen LogP contribution >= 0.6 is 0 Å². The number of anilines is 1. The number of sulfonamides is 1. The van der Waals surface area contributed by atoms with E-state index >= 15 is 0 Å². The topological polar surface area (TPSA) is 123 Å². The lowest BCUT2D eigenvalue weighted by molar-refractivity contribution is -0.116. The number of nitrogens with zero attached hydrogens (tertiary/aromatic N) is 2. The van der Waals surface area contributed by atoms with Crippen LogP contribution in [0.3, 0.4) is 0 Å². The molecule has 0 unspecified atom stereocenters. The second-order valence-electron chi connectivity index (χ2n) is 7.42. The number of carbonyl (C=O) groups excluding carboxylic acids is 1. The summed E-state index contributed by atoms with van der Waals surface area (Å²) in [5.41, 5.74) is 3.51. The van der Waals surface area contributed by atoms with E-state index in [0.717, 1.165) is 21.0 Å². The van der Waals surface area contributed by atoms with Crippen molar-refractivity contribution in [1.82, 2.24) is 9.29 Å². The van der Waals surface area contributed by atoms with Crippen LogP contribution in [-0.4, -0.2) is 37.7 Å². The highest BCUT2D eigenvalue weighted by atomic mass is 32.2. The fraction of sp³-hybridized carbons (Fsp3) is 0.381. The molecule has 0 saturated carbocycles. The minimum Gasteiger partial charge on any atom is -0.326 e. The summed E-state index contributed by atoms with van der Waals surface area (Å²) < 4.78 is 26.1. The molecule has 1 aromatic carbocycles. The summed E-state index contributed by atoms with van der Waals surface area (Å²) in [5.74, 6) is -0.291. The number of H-pyrrole nitrogens is 1. The van der Waals surface area contributed by atoms with E-state index in [0.29, 0.717) is 23.4 Å². The van der Waals surface area contributed by atoms with Crippen molar-refractivity contribution in [2.45, 2.75) is 45.4 Å². The van der Waals surface area contributed by atoms with E-state index in [-0.39, 0.29) is 22.8 Å². The highest BCUT2D eigenvalue weighted by molar-refractivity contribution is 7.89. The van der Waals surface area contributed by atoms with Crippen LogP contribution < -0.4 is 10.9 Å². The van der Waals surface area contributed by atoms with Crippen molar-refractivity contribution in [3.63, 3.8) is 0 Å². The number of rotatable bonds is 6. The molecule has 0 atom stereocenters. The second kappa shape index (κ2) is 8.81. The van der Waals surface area contributed by atoms with Gasteiger partial charge in [0, 0.05) is 31.9 Å². The molecule has 2 aromatic rings. The number of amides is 1. The molecule has 0 saturated heterocycles. The summed E-state index contributed by atoms with van der Waals surface area (Å²) >= 11 is 0. The molecule has 2 rings (SSSR count). The largest absolute Gasteiger partial charge is 0.326 e. The summed E-state index contributed by atoms with van der Waals surface area (Å²) in [6, 6.07) is 4.93. The Labute approximate surface area is 176 Å². The third-order valence-electron chi connectivity index (χ3n) is 5.22. The molecule has 8 nitrogen and oxygen atoms in total. The molecule has 1 heterocycles. The van der Waals surface area contributed by atoms with Crippen molar-refractivity contribution in [2.24, 2.45) is 0 Å². The van der Waals surface area contributed by atoms with Crippen molar-refractivity contribution < 1.29 is 13.2 Å². The predicted octanol–water partition coefficient (Wildman–Crippen LogP) is 2.30. The van der Waals surface area contributed by atoms with Gasteiger partial charge in [0.2, 0.25) is 15.9 Å². The van der Waals surface area contributed by atoms with Gasteiger partial charge in [0.1, 0.15) is 11.6 Å². The lowest BCUT2D eigenvalue weighted by Crippen LogP contribution is -2.23. The molecule has 2 N–H and O–H groups in total. The van der Waals surface area contributed by atoms with E-state index in [2.05, 4.69) is 10.3 Å². The zero-order valence-electron chi connectivity index (χ0n) is 18.0. The molecule has 0 bridgehead atoms. The lowest BCUT2D eigenvalue weighted by atomic mass is 9.99. The summed E-state index contributed by atoms with van der Waals surface area (Å²) in [5, 5.41) is 12.0. The van der Waals surface area contributed by atoms with Crippen molar-refractivity contribution >= 4 is 21.6 Å². The normalized spacial score (nSPS) is 11.4. The summed E-state index contributed by atoms with van der Waals surface area (Å²) in [4.78, 5) is 27.2. The van der Waals surface area contributed by atoms with Crippen molar-refractivity contribution in [3.8, 4) is 6.07 Å². The van der Waals surface area contributed by atoms with Crippen LogP contribution in [0.4, 0.5) is 5.69 Å². The zero-order chi connectivity index (χ0) is 22.8. The fourth-order valence-electron chi connectivity index (χ4n) is 3.19. The minimum atomic E-state index is -3.64. The Balaban J connectivity index is 2.27. The predicted molar refractivity (Wildman–Crippen MR) is 115 cm³/mol. The number of hydrogen-bond acceptors (Lipinski definition) is 5. The van der Waals surface area contributed by atoms with Gasteiger partial charge in [0.15, 0.2) is 0 Å². The van der Waals surface area contributed by atoms with E-state index < -0.39 is 15.6 Å². The van der Waals surface area contributed by atoms with Gasteiger partial charge in [-0.05, 0) is 68.5 Å². The molecular weight excluding hydrogens is 404 g/mol. The van der Waals surface area contributed by atoms with Gasteiger partial charge >= 0.3 is 0 Å². The lowest BCUT2D eigenvalue weighted by Gasteiger charge is -2.17. The van der Waals surface area contributed by atoms with Crippen molar-refractivity contribution in [3.05, 3.63) is 56.0 Å². The Bertz CT molecular complexity index is 1200. The average Bonchev–Trinajstić information content (AvgIpc) is 2.64. The molecule has 0 aliphatic carbocycles. The highest BCUT2D eigenvalue weighted by Gasteiger charge is 2.20. The van der Waals surface area contributed by atoms with Gasteiger partial charge in [0.05, 0.1) is 4.90 Å². The number of nitrogens with one attached hydrogen (secondary N) is 2. The monoisotopic (exact) mass is 430 g/mol. The van der Waals surface area contributed by atoms with Gasteiger partial charge in [0.25, 0.3) is 5.56 Å². The number of aromatic amines is 1. The molecule has 1 aromatic heterocycles. The molecule has 9 heteroatoms. The van der Waals surface area contributed by atoms with E-state index in [4.69, 9.17) is 0 Å². The van der Waals surface area contributed by atoms with Crippen LogP contribution in [0.2, 0.25) is 0 Å². The number of benzene rings is 1. The first-order valence-corrected chi connectivity index (χ1v) is 10.8. The highest BCUT2D eigenvalue weighted by Crippen LogP contribution is 2.26. The SMILES string of the molecule is Cc1cc(S(=O)(=O)N(C)C)cc(NC(=O)CCc2c(C)[nH]c(=O)c(C#N)c2C)c1C. The van der Waals surface area contributed by atoms with E-state index in [1.165, 1.54) is 20.2 Å². The van der Waals surface area contributed by atoms with Crippen LogP contribution in [0.25, 0.3) is 0 Å². The summed E-state index contributed by atoms with van der Waals surface area (Å²) in [6.45, 7) is 7.02. The molecule has 0 aliphatic heterocycles. The molecule has 0 spiro atoms. The Morgan fingerprint density at radius 2 is 1.80 bits per heavy atom. The number of aromatic nitrogens is 1. The Morgan fingerprint density at radius 3 is 2.37 bits per heavy atom. The third kappa shape index (κ3) is 4.61. The van der Waals surface area contributed by atoms with E-state index in [1.54, 1.807) is 26.8 Å². The van der Waals surface area contributed by atoms with Crippen LogP contribution in [-0.2, 0) is 21.2 Å². The standard InChI is InChI=1S/C21H26N4O4S/c1-12-9-16(30(28,29)25(5)6)10-19(13(12)2)24-20(26)8-7-17-14(3)18(11-22)21(27)23-15(17)4/h9-10H,7-8H2,1-6H3,(H,23,27)(H,24,26). The first kappa shape index (κ1) is 23.3. The number of pyridine rings is 1. The molecule has 0 radical (unpaired) electrons. The number of hydrogen-bond donors (Lipinski definition) is 2. The van der Waals surface area contributed by atoms with Crippen molar-refractivity contribution in [2.75, 3.05) is 19.4 Å². The number of nitriles is 1. The fourth-order valence-corrected chi connectivity index (χ4v) is 4.20. The molecule has 1 amide bonds. The zero-order valence-corrected chi connectivity index (χ0v) is 18.8. The smallest absolute Gasteiger partial charge is 0.266 e. The molecule has 160 valence electrons. The van der Waals surface area contributed by atoms with Gasteiger partial charge < -0.3 is 10.3 Å². The van der Waals surface area contributed by atoms with Crippen LogP contribution in [0, 0.1) is 39.0 Å². The van der Waals surface area contributed by atoms with E-state index in [1.807, 2.05) is 13.0 Å². The number of aryl methyl sites for hydroxylation is 2. The maximum absolute atomic E-state index is 12.6. The first-order chi connectivity index (χ1) is 13.9. The second-order valence-corrected chi connectivity index (χ2v) is 9.57. The van der Waals surface area contributed by atoms with Crippen LogP contribution in [0.15, 0.2) is 21.8 Å². The van der Waals surface area contributed by atoms with Gasteiger partial charge in [-0.1, -0.05) is 0 Å². The molecule has 0 aliphatic rings. The Kier molecular flexibility index (Phi) is 6.85. The summed E-state index contributed by atoms with van der Waals surface area (Å²) in [6.07, 6.45) is 0.449. The van der Waals surface area contributed by atoms with Crippen molar-refractivity contribution in [1.29, 1.82) is 5.26 Å². The Morgan fingerprint density at radius 1 is 1.17 bits per heavy atom. The maximum atomic E-state index is 12.6. The minimum absolute atomic E-state index is 0.0454. The number of carbonyl (C=O) groups is 1. The quantitative estimate of drug-likeness (QED) is 0.728. The van der Waals surface area contributed by atoms with Gasteiger partial charge in [-0.15, -0.1) is 0 Å². The van der Waals surface area contributed by atoms with Crippen LogP contribution in [0.1, 0.15) is 39.9 Å². The summed E-state index contributed by atoms with van der Waals surface area (Å²) in [7, 11) is -0.732. The third-order valence-corrected chi connectivity index (χ3v) is 7.01. The Hall–Kier alpha value is -2.96. The maximum Gasteiger partial charge on any atom is 0.266 e.